The van der Waals surface area contributed by atoms with Crippen molar-refractivity contribution in [1.29, 1.82) is 0 Å². The lowest BCUT2D eigenvalue weighted by Gasteiger charge is -2.32. The molecule has 4 aromatic heterocycles. The molecule has 5 heterocycles. The van der Waals surface area contributed by atoms with Gasteiger partial charge < -0.3 is 9.64 Å². The Labute approximate surface area is 173 Å². The highest BCUT2D eigenvalue weighted by Gasteiger charge is 2.22. The van der Waals surface area contributed by atoms with Crippen molar-refractivity contribution in [3.8, 4) is 17.3 Å². The third-order valence-electron chi connectivity index (χ3n) is 5.27. The van der Waals surface area contributed by atoms with Gasteiger partial charge >= 0.3 is 0 Å². The van der Waals surface area contributed by atoms with E-state index in [1.54, 1.807) is 25.2 Å². The Morgan fingerprint density at radius 3 is 2.73 bits per heavy atom. The van der Waals surface area contributed by atoms with Crippen LogP contribution in [-0.2, 0) is 0 Å². The van der Waals surface area contributed by atoms with Gasteiger partial charge in [-0.05, 0) is 26.7 Å². The molecule has 1 aliphatic rings. The molecule has 5 rings (SSSR count). The van der Waals surface area contributed by atoms with E-state index in [1.807, 2.05) is 30.7 Å². The number of hydrogen-bond donors (Lipinski definition) is 1. The number of ether oxygens (including phenoxy) is 1. The van der Waals surface area contributed by atoms with Gasteiger partial charge in [-0.3, -0.25) is 5.10 Å². The number of nitrogens with zero attached hydrogens (tertiary/aromatic N) is 8. The molecule has 1 fully saturated rings. The minimum atomic E-state index is 0.0522. The maximum absolute atomic E-state index is 5.74. The molecule has 0 amide bonds. The largest absolute Gasteiger partial charge is 0.475 e. The van der Waals surface area contributed by atoms with Gasteiger partial charge in [-0.2, -0.15) is 10.2 Å². The lowest BCUT2D eigenvalue weighted by Crippen LogP contribution is -2.35. The molecule has 0 radical (unpaired) electrons. The number of pyridine rings is 1. The maximum atomic E-state index is 5.74. The van der Waals surface area contributed by atoms with Gasteiger partial charge in [0.15, 0.2) is 0 Å². The lowest BCUT2D eigenvalue weighted by atomic mass is 10.1. The number of hydrogen-bond acceptors (Lipinski definition) is 8. The normalized spacial score (nSPS) is 15.2. The first-order valence-electron chi connectivity index (χ1n) is 10.1. The number of anilines is 1. The fourth-order valence-electron chi connectivity index (χ4n) is 3.81. The van der Waals surface area contributed by atoms with Crippen LogP contribution in [0.25, 0.3) is 22.3 Å². The van der Waals surface area contributed by atoms with Gasteiger partial charge in [0, 0.05) is 30.6 Å². The third-order valence-corrected chi connectivity index (χ3v) is 5.27. The first-order valence-corrected chi connectivity index (χ1v) is 10.1. The summed E-state index contributed by atoms with van der Waals surface area (Å²) in [6.45, 7) is 5.76. The highest BCUT2D eigenvalue weighted by atomic mass is 16.5. The van der Waals surface area contributed by atoms with E-state index in [-0.39, 0.29) is 6.10 Å². The molecule has 1 saturated heterocycles. The first-order chi connectivity index (χ1) is 14.7. The van der Waals surface area contributed by atoms with E-state index in [9.17, 15) is 0 Å². The number of rotatable bonds is 5. The number of H-pyrrole nitrogens is 1. The molecule has 154 valence electrons. The zero-order valence-corrected chi connectivity index (χ0v) is 16.9. The van der Waals surface area contributed by atoms with Crippen molar-refractivity contribution in [2.45, 2.75) is 38.8 Å². The van der Waals surface area contributed by atoms with Gasteiger partial charge in [0.2, 0.25) is 5.88 Å². The first kappa shape index (κ1) is 18.5. The van der Waals surface area contributed by atoms with Crippen LogP contribution in [0.4, 0.5) is 5.82 Å². The standard InChI is InChI=1S/C20H23N9O/c1-13(2)30-19-7-15-17(9-22-19)26-27-20(15)16-8-18(24-11-23-16)28-5-3-14(4-6-28)29-12-21-10-25-29/h7-14H,3-6H2,1-2H3,(H,26,27). The fraction of sp³-hybridized carbons (Fsp3) is 0.400. The van der Waals surface area contributed by atoms with Crippen molar-refractivity contribution in [3.63, 3.8) is 0 Å². The molecule has 1 aliphatic heterocycles. The smallest absolute Gasteiger partial charge is 0.214 e. The summed E-state index contributed by atoms with van der Waals surface area (Å²) in [4.78, 5) is 19.6. The van der Waals surface area contributed by atoms with Crippen molar-refractivity contribution >= 4 is 16.7 Å². The van der Waals surface area contributed by atoms with Crippen LogP contribution in [0, 0.1) is 0 Å². The van der Waals surface area contributed by atoms with E-state index in [0.717, 1.165) is 54.0 Å². The zero-order valence-electron chi connectivity index (χ0n) is 16.9. The SMILES string of the molecule is CC(C)Oc1cc2c(-c3cc(N4CCC(n5cncn5)CC4)ncn3)n[nH]c2cn1. The average molecular weight is 405 g/mol. The third kappa shape index (κ3) is 3.56. The topological polar surface area (TPSA) is 111 Å². The van der Waals surface area contributed by atoms with E-state index in [2.05, 4.69) is 40.1 Å². The average Bonchev–Trinajstić information content (AvgIpc) is 3.44. The number of piperidine rings is 1. The molecule has 4 aromatic rings. The van der Waals surface area contributed by atoms with E-state index in [0.29, 0.717) is 11.9 Å². The number of fused-ring (bicyclic) bond motifs is 1. The van der Waals surface area contributed by atoms with E-state index in [4.69, 9.17) is 4.74 Å². The molecule has 0 aromatic carbocycles. The Balaban J connectivity index is 1.39. The van der Waals surface area contributed by atoms with E-state index < -0.39 is 0 Å². The second-order valence-corrected chi connectivity index (χ2v) is 7.66. The van der Waals surface area contributed by atoms with Crippen LogP contribution in [0.2, 0.25) is 0 Å². The Morgan fingerprint density at radius 2 is 1.97 bits per heavy atom. The molecular formula is C20H23N9O. The highest BCUT2D eigenvalue weighted by molar-refractivity contribution is 5.92. The number of aromatic amines is 1. The van der Waals surface area contributed by atoms with Crippen LogP contribution in [0.5, 0.6) is 5.88 Å². The summed E-state index contributed by atoms with van der Waals surface area (Å²) in [7, 11) is 0. The van der Waals surface area contributed by atoms with E-state index >= 15 is 0 Å². The van der Waals surface area contributed by atoms with Gasteiger partial charge in [0.05, 0.1) is 29.6 Å². The molecule has 0 unspecified atom stereocenters. The summed E-state index contributed by atoms with van der Waals surface area (Å²) in [5.41, 5.74) is 2.38. The Bertz CT molecular complexity index is 1130. The van der Waals surface area contributed by atoms with Gasteiger partial charge in [-0.25, -0.2) is 24.6 Å². The predicted molar refractivity (Wildman–Crippen MR) is 111 cm³/mol. The van der Waals surface area contributed by atoms with E-state index in [1.165, 1.54) is 0 Å². The van der Waals surface area contributed by atoms with Gasteiger partial charge in [-0.15, -0.1) is 0 Å². The summed E-state index contributed by atoms with van der Waals surface area (Å²) in [6.07, 6.45) is 8.76. The van der Waals surface area contributed by atoms with Crippen molar-refractivity contribution < 1.29 is 4.74 Å². The Hall–Kier alpha value is -3.56. The monoisotopic (exact) mass is 405 g/mol. The number of aromatic nitrogens is 8. The quantitative estimate of drug-likeness (QED) is 0.539. The fourth-order valence-corrected chi connectivity index (χ4v) is 3.81. The second kappa shape index (κ2) is 7.69. The van der Waals surface area contributed by atoms with Crippen LogP contribution >= 0.6 is 0 Å². The molecule has 0 aliphatic carbocycles. The van der Waals surface area contributed by atoms with Crippen LogP contribution in [0.1, 0.15) is 32.7 Å². The lowest BCUT2D eigenvalue weighted by molar-refractivity contribution is 0.233. The molecule has 0 spiro atoms. The molecule has 10 nitrogen and oxygen atoms in total. The molecule has 0 bridgehead atoms. The number of nitrogens with one attached hydrogen (secondary N) is 1. The summed E-state index contributed by atoms with van der Waals surface area (Å²) in [6, 6.07) is 4.28. The van der Waals surface area contributed by atoms with Crippen LogP contribution in [0.3, 0.4) is 0 Å². The Morgan fingerprint density at radius 1 is 1.10 bits per heavy atom. The second-order valence-electron chi connectivity index (χ2n) is 7.66. The molecule has 1 N–H and O–H groups in total. The summed E-state index contributed by atoms with van der Waals surface area (Å²) in [5, 5.41) is 12.7. The minimum absolute atomic E-state index is 0.0522. The summed E-state index contributed by atoms with van der Waals surface area (Å²) >= 11 is 0. The minimum Gasteiger partial charge on any atom is -0.475 e. The predicted octanol–water partition coefficient (Wildman–Crippen LogP) is 2.64. The van der Waals surface area contributed by atoms with Crippen LogP contribution in [0.15, 0.2) is 37.3 Å². The molecule has 30 heavy (non-hydrogen) atoms. The highest BCUT2D eigenvalue weighted by Crippen LogP contribution is 2.30. The van der Waals surface area contributed by atoms with Crippen LogP contribution < -0.4 is 9.64 Å². The molecular weight excluding hydrogens is 382 g/mol. The van der Waals surface area contributed by atoms with Crippen molar-refractivity contribution in [3.05, 3.63) is 37.3 Å². The van der Waals surface area contributed by atoms with Crippen LogP contribution in [-0.4, -0.2) is 59.1 Å². The summed E-state index contributed by atoms with van der Waals surface area (Å²) in [5.74, 6) is 1.48. The van der Waals surface area contributed by atoms with Gasteiger partial charge in [0.25, 0.3) is 0 Å². The maximum Gasteiger partial charge on any atom is 0.214 e. The van der Waals surface area contributed by atoms with Gasteiger partial charge in [-0.1, -0.05) is 0 Å². The molecule has 0 atom stereocenters. The van der Waals surface area contributed by atoms with Crippen molar-refractivity contribution in [2.75, 3.05) is 18.0 Å². The van der Waals surface area contributed by atoms with Gasteiger partial charge in [0.1, 0.15) is 30.5 Å². The summed E-state index contributed by atoms with van der Waals surface area (Å²) < 4.78 is 7.68. The van der Waals surface area contributed by atoms with Crippen molar-refractivity contribution in [1.82, 2.24) is 39.9 Å². The molecule has 10 heteroatoms. The van der Waals surface area contributed by atoms with Crippen molar-refractivity contribution in [2.24, 2.45) is 0 Å². The molecule has 0 saturated carbocycles. The zero-order chi connectivity index (χ0) is 20.5. The Kier molecular flexibility index (Phi) is 4.74.